The van der Waals surface area contributed by atoms with Gasteiger partial charge >= 0.3 is 0 Å². The van der Waals surface area contributed by atoms with E-state index in [1.165, 1.54) is 11.1 Å². The summed E-state index contributed by atoms with van der Waals surface area (Å²) in [6.45, 7) is 15.5. The summed E-state index contributed by atoms with van der Waals surface area (Å²) >= 11 is 0. The van der Waals surface area contributed by atoms with Gasteiger partial charge in [0.15, 0.2) is 0 Å². The van der Waals surface area contributed by atoms with Gasteiger partial charge in [0.05, 0.1) is 5.60 Å². The topological polar surface area (TPSA) is 41.6 Å². The number of benzene rings is 1. The number of carbonyl (C=O) groups is 1. The summed E-state index contributed by atoms with van der Waals surface area (Å²) in [6.07, 6.45) is 3.60. The van der Waals surface area contributed by atoms with Crippen molar-refractivity contribution in [3.63, 3.8) is 0 Å². The number of ether oxygens (including phenoxy) is 1. The highest BCUT2D eigenvalue weighted by atomic mass is 16.5. The van der Waals surface area contributed by atoms with Crippen LogP contribution in [0.25, 0.3) is 0 Å². The second-order valence-corrected chi connectivity index (χ2v) is 8.81. The van der Waals surface area contributed by atoms with E-state index in [0.29, 0.717) is 12.3 Å². The van der Waals surface area contributed by atoms with Crippen LogP contribution in [-0.2, 0) is 9.53 Å². The molecule has 4 heteroatoms. The summed E-state index contributed by atoms with van der Waals surface area (Å²) in [4.78, 5) is 15.1. The number of nitrogens with zero attached hydrogens (tertiary/aromatic N) is 1. The molecule has 2 atom stereocenters. The number of hydrogen-bond acceptors (Lipinski definition) is 3. The average molecular weight is 389 g/mol. The van der Waals surface area contributed by atoms with Gasteiger partial charge in [0.2, 0.25) is 5.91 Å². The van der Waals surface area contributed by atoms with E-state index in [-0.39, 0.29) is 17.4 Å². The van der Waals surface area contributed by atoms with Crippen molar-refractivity contribution in [3.8, 4) is 0 Å². The van der Waals surface area contributed by atoms with Gasteiger partial charge in [-0.05, 0) is 77.1 Å². The molecule has 4 nitrogen and oxygen atoms in total. The van der Waals surface area contributed by atoms with Crippen molar-refractivity contribution in [2.45, 2.75) is 71.8 Å². The van der Waals surface area contributed by atoms with Crippen LogP contribution in [0.4, 0.5) is 0 Å². The molecule has 0 radical (unpaired) electrons. The molecular weight excluding hydrogens is 348 g/mol. The van der Waals surface area contributed by atoms with Gasteiger partial charge in [0.25, 0.3) is 0 Å². The second-order valence-electron chi connectivity index (χ2n) is 8.81. The zero-order chi connectivity index (χ0) is 20.6. The summed E-state index contributed by atoms with van der Waals surface area (Å²) in [5, 5.41) is 3.16. The lowest BCUT2D eigenvalue weighted by Gasteiger charge is -2.39. The molecule has 1 aliphatic rings. The number of aryl methyl sites for hydroxylation is 1. The van der Waals surface area contributed by atoms with Crippen LogP contribution in [0.3, 0.4) is 0 Å². The molecule has 1 fully saturated rings. The molecule has 1 aromatic carbocycles. The molecule has 1 saturated heterocycles. The summed E-state index contributed by atoms with van der Waals surface area (Å²) in [5.74, 6) is 0.911. The van der Waals surface area contributed by atoms with Crippen molar-refractivity contribution < 1.29 is 9.53 Å². The number of nitrogens with one attached hydrogen (secondary N) is 1. The van der Waals surface area contributed by atoms with E-state index in [1.54, 1.807) is 0 Å². The molecule has 0 saturated carbocycles. The molecule has 2 rings (SSSR count). The highest BCUT2D eigenvalue weighted by Gasteiger charge is 2.35. The third kappa shape index (κ3) is 7.21. The quantitative estimate of drug-likeness (QED) is 0.599. The van der Waals surface area contributed by atoms with E-state index >= 15 is 0 Å². The maximum atomic E-state index is 12.7. The predicted molar refractivity (Wildman–Crippen MR) is 117 cm³/mol. The van der Waals surface area contributed by atoms with Crippen LogP contribution in [0, 0.1) is 12.8 Å². The third-order valence-electron chi connectivity index (χ3n) is 6.08. The van der Waals surface area contributed by atoms with Crippen LogP contribution in [-0.4, -0.2) is 49.2 Å². The van der Waals surface area contributed by atoms with Gasteiger partial charge in [0, 0.05) is 19.6 Å². The molecule has 0 aliphatic carbocycles. The number of amides is 1. The Bertz CT molecular complexity index is 593. The number of carbonyl (C=O) groups excluding carboxylic acids is 1. The van der Waals surface area contributed by atoms with Crippen molar-refractivity contribution in [1.82, 2.24) is 10.2 Å². The minimum atomic E-state index is -0.105. The molecular formula is C24H40N2O2. The first kappa shape index (κ1) is 22.9. The van der Waals surface area contributed by atoms with Crippen LogP contribution in [0.1, 0.15) is 70.4 Å². The fraction of sp³-hybridized carbons (Fsp3) is 0.708. The monoisotopic (exact) mass is 388 g/mol. The Morgan fingerprint density at radius 3 is 2.54 bits per heavy atom. The minimum Gasteiger partial charge on any atom is -0.376 e. The Balaban J connectivity index is 1.97. The van der Waals surface area contributed by atoms with Crippen molar-refractivity contribution in [2.75, 3.05) is 32.8 Å². The van der Waals surface area contributed by atoms with Crippen molar-refractivity contribution >= 4 is 5.91 Å². The van der Waals surface area contributed by atoms with Crippen molar-refractivity contribution in [2.24, 2.45) is 5.92 Å². The maximum absolute atomic E-state index is 12.7. The Morgan fingerprint density at radius 2 is 1.93 bits per heavy atom. The minimum absolute atomic E-state index is 0.105. The molecule has 1 N–H and O–H groups in total. The fourth-order valence-corrected chi connectivity index (χ4v) is 4.33. The van der Waals surface area contributed by atoms with Crippen LogP contribution in [0.5, 0.6) is 0 Å². The van der Waals surface area contributed by atoms with Gasteiger partial charge < -0.3 is 15.0 Å². The molecule has 0 spiro atoms. The second kappa shape index (κ2) is 11.0. The molecule has 1 amide bonds. The van der Waals surface area contributed by atoms with E-state index in [1.807, 2.05) is 0 Å². The fourth-order valence-electron chi connectivity index (χ4n) is 4.33. The van der Waals surface area contributed by atoms with E-state index in [4.69, 9.17) is 4.74 Å². The lowest BCUT2D eigenvalue weighted by atomic mass is 9.75. The van der Waals surface area contributed by atoms with Crippen LogP contribution < -0.4 is 5.32 Å². The first-order valence-electron chi connectivity index (χ1n) is 11.0. The zero-order valence-corrected chi connectivity index (χ0v) is 18.6. The van der Waals surface area contributed by atoms with Crippen molar-refractivity contribution in [3.05, 3.63) is 35.4 Å². The van der Waals surface area contributed by atoms with E-state index in [0.717, 1.165) is 52.0 Å². The first-order valence-corrected chi connectivity index (χ1v) is 11.0. The van der Waals surface area contributed by atoms with E-state index in [9.17, 15) is 4.79 Å². The van der Waals surface area contributed by atoms with E-state index in [2.05, 4.69) is 69.1 Å². The number of rotatable bonds is 10. The molecule has 0 bridgehead atoms. The van der Waals surface area contributed by atoms with Crippen molar-refractivity contribution in [1.29, 1.82) is 0 Å². The van der Waals surface area contributed by atoms with Gasteiger partial charge in [-0.25, -0.2) is 0 Å². The van der Waals surface area contributed by atoms with Gasteiger partial charge in [-0.3, -0.25) is 4.79 Å². The third-order valence-corrected chi connectivity index (χ3v) is 6.08. The predicted octanol–water partition coefficient (Wildman–Crippen LogP) is 4.52. The molecule has 1 aliphatic heterocycles. The van der Waals surface area contributed by atoms with Gasteiger partial charge in [-0.1, -0.05) is 43.7 Å². The maximum Gasteiger partial charge on any atom is 0.220 e. The van der Waals surface area contributed by atoms with Gasteiger partial charge in [-0.2, -0.15) is 0 Å². The summed E-state index contributed by atoms with van der Waals surface area (Å²) in [7, 11) is 0. The highest BCUT2D eigenvalue weighted by molar-refractivity contribution is 5.76. The zero-order valence-electron chi connectivity index (χ0n) is 18.6. The van der Waals surface area contributed by atoms with Crippen LogP contribution in [0.2, 0.25) is 0 Å². The Kier molecular flexibility index (Phi) is 8.97. The Labute approximate surface area is 172 Å². The molecule has 158 valence electrons. The number of hydrogen-bond donors (Lipinski definition) is 1. The Morgan fingerprint density at radius 1 is 1.25 bits per heavy atom. The molecule has 28 heavy (non-hydrogen) atoms. The molecule has 1 aromatic rings. The summed E-state index contributed by atoms with van der Waals surface area (Å²) in [6, 6.07) is 8.73. The Hall–Kier alpha value is -1.39. The van der Waals surface area contributed by atoms with Crippen LogP contribution in [0.15, 0.2) is 24.3 Å². The van der Waals surface area contributed by atoms with Gasteiger partial charge in [-0.15, -0.1) is 0 Å². The lowest BCUT2D eigenvalue weighted by molar-refractivity contribution is -0.123. The summed E-state index contributed by atoms with van der Waals surface area (Å²) in [5.41, 5.74) is 2.44. The lowest BCUT2D eigenvalue weighted by Crippen LogP contribution is -2.38. The normalized spacial score (nSPS) is 20.1. The SMILES string of the molecule is CCN(CC)CCCNC(=O)C[C@H](c1ccc(C)cc1)[C@@H]1CCOC(C)(C)C1. The molecule has 1 heterocycles. The smallest absolute Gasteiger partial charge is 0.220 e. The molecule has 0 aromatic heterocycles. The standard InChI is InChI=1S/C24H40N2O2/c1-6-26(7-2)15-8-14-25-23(27)17-22(20-11-9-19(3)10-12-20)21-13-16-28-24(4,5)18-21/h9-12,21-22H,6-8,13-18H2,1-5H3,(H,25,27)/t21-,22-/m1/s1. The first-order chi connectivity index (χ1) is 13.3. The molecule has 0 unspecified atom stereocenters. The van der Waals surface area contributed by atoms with Gasteiger partial charge in [0.1, 0.15) is 0 Å². The van der Waals surface area contributed by atoms with E-state index < -0.39 is 0 Å². The largest absolute Gasteiger partial charge is 0.376 e. The highest BCUT2D eigenvalue weighted by Crippen LogP contribution is 2.40. The average Bonchev–Trinajstić information content (AvgIpc) is 2.66. The van der Waals surface area contributed by atoms with Crippen LogP contribution >= 0.6 is 0 Å². The summed E-state index contributed by atoms with van der Waals surface area (Å²) < 4.78 is 5.92.